The molecule has 0 spiro atoms. The number of rotatable bonds is 2. The van der Waals surface area contributed by atoms with Gasteiger partial charge in [0.25, 0.3) is 0 Å². The lowest BCUT2D eigenvalue weighted by molar-refractivity contribution is 0.0636. The molecule has 0 saturated heterocycles. The van der Waals surface area contributed by atoms with Crippen LogP contribution >= 0.6 is 0 Å². The first-order valence-corrected chi connectivity index (χ1v) is 6.30. The van der Waals surface area contributed by atoms with Crippen LogP contribution in [0.15, 0.2) is 28.9 Å². The zero-order valence-corrected chi connectivity index (χ0v) is 12.0. The maximum Gasteiger partial charge on any atom is 0.412 e. The van der Waals surface area contributed by atoms with E-state index < -0.39 is 11.7 Å². The van der Waals surface area contributed by atoms with Gasteiger partial charge in [0.05, 0.1) is 11.9 Å². The molecule has 2 rings (SSSR count). The summed E-state index contributed by atoms with van der Waals surface area (Å²) in [5.74, 6) is 0.271. The molecule has 0 aliphatic heterocycles. The van der Waals surface area contributed by atoms with Gasteiger partial charge in [0.15, 0.2) is 5.76 Å². The molecule has 0 atom stereocenters. The van der Waals surface area contributed by atoms with Gasteiger partial charge >= 0.3 is 6.09 Å². The number of carbonyl (C=O) groups is 1. The summed E-state index contributed by atoms with van der Waals surface area (Å²) < 4.78 is 10.2. The molecule has 112 valence electrons. The molecule has 0 fully saturated rings. The first kappa shape index (κ1) is 14.7. The zero-order valence-electron chi connectivity index (χ0n) is 12.0. The number of anilines is 2. The number of nitrogen functional groups attached to an aromatic ring is 1. The molecule has 0 aliphatic rings. The van der Waals surface area contributed by atoms with Crippen LogP contribution in [-0.2, 0) is 4.74 Å². The molecule has 7 heteroatoms. The maximum absolute atomic E-state index is 11.8. The van der Waals surface area contributed by atoms with Crippen molar-refractivity contribution < 1.29 is 19.2 Å². The lowest BCUT2D eigenvalue weighted by Gasteiger charge is -2.20. The summed E-state index contributed by atoms with van der Waals surface area (Å²) in [4.78, 5) is 11.8. The van der Waals surface area contributed by atoms with Crippen molar-refractivity contribution in [1.29, 1.82) is 0 Å². The summed E-state index contributed by atoms with van der Waals surface area (Å²) in [6.45, 7) is 5.29. The minimum Gasteiger partial charge on any atom is -0.508 e. The average molecular weight is 291 g/mol. The molecule has 4 N–H and O–H groups in total. The fourth-order valence-corrected chi connectivity index (χ4v) is 1.69. The number of hydrogen-bond acceptors (Lipinski definition) is 6. The van der Waals surface area contributed by atoms with Crippen LogP contribution in [0.25, 0.3) is 11.3 Å². The van der Waals surface area contributed by atoms with Crippen LogP contribution < -0.4 is 11.1 Å². The molecule has 0 saturated carbocycles. The van der Waals surface area contributed by atoms with Gasteiger partial charge in [0.2, 0.25) is 0 Å². The van der Waals surface area contributed by atoms with E-state index in [0.717, 1.165) is 0 Å². The molecule has 1 aromatic carbocycles. The van der Waals surface area contributed by atoms with Gasteiger partial charge in [0.1, 0.15) is 17.0 Å². The second-order valence-corrected chi connectivity index (χ2v) is 5.47. The number of carbonyl (C=O) groups excluding carboxylic acids is 1. The van der Waals surface area contributed by atoms with Gasteiger partial charge in [-0.1, -0.05) is 5.16 Å². The van der Waals surface area contributed by atoms with Gasteiger partial charge in [0, 0.05) is 5.56 Å². The standard InChI is InChI=1S/C14H17N3O4/c1-14(2,3)20-13(19)17-11-5-4-8(18)6-9(11)12-10(15)7-16-21-12/h4-7,18H,15H2,1-3H3,(H,17,19). The average Bonchev–Trinajstić information content (AvgIpc) is 2.75. The van der Waals surface area contributed by atoms with E-state index in [4.69, 9.17) is 15.0 Å². The lowest BCUT2D eigenvalue weighted by Crippen LogP contribution is -2.27. The van der Waals surface area contributed by atoms with Crippen molar-refractivity contribution in [1.82, 2.24) is 5.16 Å². The van der Waals surface area contributed by atoms with Gasteiger partial charge in [-0.3, -0.25) is 5.32 Å². The highest BCUT2D eigenvalue weighted by Crippen LogP contribution is 2.34. The van der Waals surface area contributed by atoms with Crippen LogP contribution in [0.5, 0.6) is 5.75 Å². The summed E-state index contributed by atoms with van der Waals surface area (Å²) in [6.07, 6.45) is 0.726. The number of nitrogens with two attached hydrogens (primary N) is 1. The minimum atomic E-state index is -0.619. The summed E-state index contributed by atoms with van der Waals surface area (Å²) in [7, 11) is 0. The monoisotopic (exact) mass is 291 g/mol. The van der Waals surface area contributed by atoms with E-state index in [9.17, 15) is 9.90 Å². The van der Waals surface area contributed by atoms with Crippen LogP contribution in [0, 0.1) is 0 Å². The Kier molecular flexibility index (Phi) is 3.75. The number of nitrogens with one attached hydrogen (secondary N) is 1. The Hall–Kier alpha value is -2.70. The second kappa shape index (κ2) is 5.35. The summed E-state index contributed by atoms with van der Waals surface area (Å²) >= 11 is 0. The van der Waals surface area contributed by atoms with Crippen LogP contribution in [0.4, 0.5) is 16.2 Å². The van der Waals surface area contributed by atoms with Crippen LogP contribution in [0.3, 0.4) is 0 Å². The third-order valence-electron chi connectivity index (χ3n) is 2.48. The van der Waals surface area contributed by atoms with Crippen LogP contribution in [0.2, 0.25) is 0 Å². The Morgan fingerprint density at radius 2 is 2.14 bits per heavy atom. The van der Waals surface area contributed by atoms with E-state index >= 15 is 0 Å². The SMILES string of the molecule is CC(C)(C)OC(=O)Nc1ccc(O)cc1-c1oncc1N. The van der Waals surface area contributed by atoms with Crippen molar-refractivity contribution in [2.24, 2.45) is 0 Å². The van der Waals surface area contributed by atoms with Gasteiger partial charge in [-0.2, -0.15) is 0 Å². The van der Waals surface area contributed by atoms with Gasteiger partial charge in [-0.15, -0.1) is 0 Å². The van der Waals surface area contributed by atoms with E-state index in [2.05, 4.69) is 10.5 Å². The molecule has 2 aromatic rings. The Balaban J connectivity index is 2.32. The van der Waals surface area contributed by atoms with E-state index in [0.29, 0.717) is 16.9 Å². The van der Waals surface area contributed by atoms with Crippen molar-refractivity contribution >= 4 is 17.5 Å². The minimum absolute atomic E-state index is 0.00976. The quantitative estimate of drug-likeness (QED) is 0.733. The molecular weight excluding hydrogens is 274 g/mol. The number of ether oxygens (including phenoxy) is 1. The van der Waals surface area contributed by atoms with Crippen LogP contribution in [-0.4, -0.2) is 22.0 Å². The highest BCUT2D eigenvalue weighted by atomic mass is 16.6. The topological polar surface area (TPSA) is 111 Å². The molecule has 1 aromatic heterocycles. The Labute approximate surface area is 121 Å². The zero-order chi connectivity index (χ0) is 15.6. The number of amides is 1. The van der Waals surface area contributed by atoms with E-state index in [1.165, 1.54) is 24.4 Å². The highest BCUT2D eigenvalue weighted by molar-refractivity contribution is 5.92. The van der Waals surface area contributed by atoms with Crippen molar-refractivity contribution in [2.75, 3.05) is 11.1 Å². The number of phenolic OH excluding ortho intramolecular Hbond substituents is 1. The molecule has 21 heavy (non-hydrogen) atoms. The summed E-state index contributed by atoms with van der Waals surface area (Å²) in [6, 6.07) is 4.38. The highest BCUT2D eigenvalue weighted by Gasteiger charge is 2.19. The number of phenols is 1. The van der Waals surface area contributed by atoms with Crippen LogP contribution in [0.1, 0.15) is 20.8 Å². The molecule has 0 radical (unpaired) electrons. The first-order valence-electron chi connectivity index (χ1n) is 6.30. The Morgan fingerprint density at radius 3 is 2.71 bits per heavy atom. The van der Waals surface area contributed by atoms with Gasteiger partial charge in [-0.05, 0) is 39.0 Å². The fraction of sp³-hybridized carbons (Fsp3) is 0.286. The molecule has 0 unspecified atom stereocenters. The number of aromatic nitrogens is 1. The molecular formula is C14H17N3O4. The predicted octanol–water partition coefficient (Wildman–Crippen LogP) is 2.98. The Bertz CT molecular complexity index is 658. The van der Waals surface area contributed by atoms with Crippen molar-refractivity contribution in [2.45, 2.75) is 26.4 Å². The first-order chi connectivity index (χ1) is 9.76. The molecule has 0 bridgehead atoms. The normalized spacial score (nSPS) is 11.2. The van der Waals surface area contributed by atoms with E-state index in [1.807, 2.05) is 0 Å². The van der Waals surface area contributed by atoms with Crippen molar-refractivity contribution in [3.8, 4) is 17.1 Å². The summed E-state index contributed by atoms with van der Waals surface area (Å²) in [5, 5.41) is 15.8. The number of benzene rings is 1. The van der Waals surface area contributed by atoms with Crippen molar-refractivity contribution in [3.05, 3.63) is 24.4 Å². The summed E-state index contributed by atoms with van der Waals surface area (Å²) in [5.41, 5.74) is 6.23. The third-order valence-corrected chi connectivity index (χ3v) is 2.48. The largest absolute Gasteiger partial charge is 0.508 e. The molecule has 1 heterocycles. The van der Waals surface area contributed by atoms with E-state index in [1.54, 1.807) is 20.8 Å². The smallest absolute Gasteiger partial charge is 0.412 e. The molecule has 0 aliphatic carbocycles. The number of nitrogens with zero attached hydrogens (tertiary/aromatic N) is 1. The lowest BCUT2D eigenvalue weighted by atomic mass is 10.1. The third kappa shape index (κ3) is 3.65. The van der Waals surface area contributed by atoms with Crippen molar-refractivity contribution in [3.63, 3.8) is 0 Å². The fourth-order valence-electron chi connectivity index (χ4n) is 1.69. The second-order valence-electron chi connectivity index (χ2n) is 5.47. The molecule has 1 amide bonds. The van der Waals surface area contributed by atoms with E-state index in [-0.39, 0.29) is 11.5 Å². The maximum atomic E-state index is 11.8. The van der Waals surface area contributed by atoms with Gasteiger partial charge in [-0.25, -0.2) is 4.79 Å². The number of hydrogen-bond donors (Lipinski definition) is 3. The molecule has 7 nitrogen and oxygen atoms in total. The number of aromatic hydroxyl groups is 1. The predicted molar refractivity (Wildman–Crippen MR) is 77.9 cm³/mol. The Morgan fingerprint density at radius 1 is 1.43 bits per heavy atom. The van der Waals surface area contributed by atoms with Gasteiger partial charge < -0.3 is 20.1 Å².